The van der Waals surface area contributed by atoms with Crippen LogP contribution in [0.1, 0.15) is 59.8 Å². The van der Waals surface area contributed by atoms with Crippen LogP contribution in [-0.4, -0.2) is 20.8 Å². The first-order valence-electron chi connectivity index (χ1n) is 7.49. The van der Waals surface area contributed by atoms with Crippen LogP contribution in [-0.2, 0) is 0 Å². The van der Waals surface area contributed by atoms with Crippen LogP contribution in [0.5, 0.6) is 0 Å². The number of nitrogens with zero attached hydrogens (tertiary/aromatic N) is 3. The van der Waals surface area contributed by atoms with Gasteiger partial charge in [0.15, 0.2) is 11.5 Å². The molecule has 3 rings (SSSR count). The lowest BCUT2D eigenvalue weighted by Gasteiger charge is -2.22. The third kappa shape index (κ3) is 2.68. The second kappa shape index (κ2) is 5.68. The van der Waals surface area contributed by atoms with Gasteiger partial charge in [-0.1, -0.05) is 54.3 Å². The molecule has 110 valence electrons. The fourth-order valence-corrected chi connectivity index (χ4v) is 2.90. The van der Waals surface area contributed by atoms with E-state index in [-0.39, 0.29) is 17.5 Å². The monoisotopic (exact) mass is 284 g/mol. The van der Waals surface area contributed by atoms with Crippen molar-refractivity contribution in [2.24, 2.45) is 0 Å². The number of carbonyl (C=O) groups is 1. The Labute approximate surface area is 124 Å². The Morgan fingerprint density at radius 1 is 1.19 bits per heavy atom. The average Bonchev–Trinajstić information content (AvgIpc) is 2.90. The molecule has 1 aliphatic carbocycles. The largest absolute Gasteiger partial charge is 0.382 e. The number of nitrogen functional groups attached to an aromatic ring is 1. The van der Waals surface area contributed by atoms with Crippen LogP contribution >= 0.6 is 0 Å². The van der Waals surface area contributed by atoms with Crippen LogP contribution < -0.4 is 5.73 Å². The van der Waals surface area contributed by atoms with Crippen LogP contribution in [0.3, 0.4) is 0 Å². The molecule has 5 heteroatoms. The maximum absolute atomic E-state index is 12.5. The van der Waals surface area contributed by atoms with Gasteiger partial charge in [-0.3, -0.25) is 4.79 Å². The number of nitrogens with two attached hydrogens (primary N) is 1. The number of hydrogen-bond donors (Lipinski definition) is 1. The predicted molar refractivity (Wildman–Crippen MR) is 81.2 cm³/mol. The maximum atomic E-state index is 12.5. The minimum absolute atomic E-state index is 0.158. The van der Waals surface area contributed by atoms with E-state index in [2.05, 4.69) is 10.3 Å². The summed E-state index contributed by atoms with van der Waals surface area (Å²) in [5.41, 5.74) is 8.10. The number of benzene rings is 1. The molecule has 0 aliphatic heterocycles. The van der Waals surface area contributed by atoms with E-state index in [0.29, 0.717) is 11.4 Å². The summed E-state index contributed by atoms with van der Waals surface area (Å²) in [6.45, 7) is 1.99. The van der Waals surface area contributed by atoms with Gasteiger partial charge in [0.25, 0.3) is 0 Å². The first-order chi connectivity index (χ1) is 10.2. The molecule has 1 fully saturated rings. The van der Waals surface area contributed by atoms with Crippen molar-refractivity contribution in [1.29, 1.82) is 0 Å². The van der Waals surface area contributed by atoms with E-state index in [1.54, 1.807) is 16.8 Å². The molecule has 0 unspecified atom stereocenters. The zero-order valence-electron chi connectivity index (χ0n) is 12.2. The van der Waals surface area contributed by atoms with Crippen LogP contribution in [0.4, 0.5) is 5.82 Å². The van der Waals surface area contributed by atoms with Crippen molar-refractivity contribution in [1.82, 2.24) is 15.0 Å². The van der Waals surface area contributed by atoms with Gasteiger partial charge < -0.3 is 5.73 Å². The normalized spacial score (nSPS) is 16.0. The highest BCUT2D eigenvalue weighted by molar-refractivity contribution is 6.10. The first-order valence-corrected chi connectivity index (χ1v) is 7.49. The average molecular weight is 284 g/mol. The molecule has 2 aromatic rings. The van der Waals surface area contributed by atoms with Crippen LogP contribution in [0.15, 0.2) is 24.3 Å². The van der Waals surface area contributed by atoms with E-state index in [1.807, 2.05) is 19.1 Å². The molecule has 1 aliphatic rings. The number of anilines is 1. The van der Waals surface area contributed by atoms with Crippen molar-refractivity contribution in [3.63, 3.8) is 0 Å². The lowest BCUT2D eigenvalue weighted by atomic mass is 9.95. The standard InChI is InChI=1S/C16H20N4O/c1-11-7-9-12(10-8-11)15(21)14-16(17)20(19-18-14)13-5-3-2-4-6-13/h7-10,13H,2-6,17H2,1H3. The lowest BCUT2D eigenvalue weighted by molar-refractivity contribution is 0.103. The van der Waals surface area contributed by atoms with Crippen molar-refractivity contribution in [2.45, 2.75) is 45.1 Å². The summed E-state index contributed by atoms with van der Waals surface area (Å²) in [6, 6.07) is 7.71. The van der Waals surface area contributed by atoms with Gasteiger partial charge in [0.1, 0.15) is 0 Å². The van der Waals surface area contributed by atoms with Crippen molar-refractivity contribution in [2.75, 3.05) is 5.73 Å². The molecule has 0 bridgehead atoms. The Morgan fingerprint density at radius 3 is 2.52 bits per heavy atom. The highest BCUT2D eigenvalue weighted by Gasteiger charge is 2.24. The third-order valence-corrected chi connectivity index (χ3v) is 4.18. The Balaban J connectivity index is 1.87. The Kier molecular flexibility index (Phi) is 3.73. The summed E-state index contributed by atoms with van der Waals surface area (Å²) in [6.07, 6.45) is 5.76. The SMILES string of the molecule is Cc1ccc(C(=O)c2nnn(C3CCCCC3)c2N)cc1. The highest BCUT2D eigenvalue weighted by atomic mass is 16.1. The summed E-state index contributed by atoms with van der Waals surface area (Å²) in [5.74, 6) is 0.238. The van der Waals surface area contributed by atoms with Gasteiger partial charge in [-0.05, 0) is 19.8 Å². The van der Waals surface area contributed by atoms with E-state index in [4.69, 9.17) is 5.73 Å². The van der Waals surface area contributed by atoms with Crippen molar-refractivity contribution in [3.05, 3.63) is 41.1 Å². The molecule has 2 N–H and O–H groups in total. The van der Waals surface area contributed by atoms with Crippen LogP contribution in [0, 0.1) is 6.92 Å². The summed E-state index contributed by atoms with van der Waals surface area (Å²) < 4.78 is 1.74. The van der Waals surface area contributed by atoms with Gasteiger partial charge in [-0.2, -0.15) is 0 Å². The molecule has 0 radical (unpaired) electrons. The molecule has 1 aromatic heterocycles. The second-order valence-corrected chi connectivity index (χ2v) is 5.75. The van der Waals surface area contributed by atoms with Crippen molar-refractivity contribution < 1.29 is 4.79 Å². The van der Waals surface area contributed by atoms with Crippen molar-refractivity contribution in [3.8, 4) is 0 Å². The molecular formula is C16H20N4O. The van der Waals surface area contributed by atoms with E-state index >= 15 is 0 Å². The van der Waals surface area contributed by atoms with Crippen LogP contribution in [0.25, 0.3) is 0 Å². The smallest absolute Gasteiger partial charge is 0.217 e. The van der Waals surface area contributed by atoms with E-state index in [1.165, 1.54) is 19.3 Å². The molecule has 0 saturated heterocycles. The minimum Gasteiger partial charge on any atom is -0.382 e. The fourth-order valence-electron chi connectivity index (χ4n) is 2.90. The number of ketones is 1. The summed E-state index contributed by atoms with van der Waals surface area (Å²) in [7, 11) is 0. The topological polar surface area (TPSA) is 73.8 Å². The Hall–Kier alpha value is -2.17. The van der Waals surface area contributed by atoms with E-state index in [9.17, 15) is 4.79 Å². The molecule has 5 nitrogen and oxygen atoms in total. The summed E-state index contributed by atoms with van der Waals surface area (Å²) >= 11 is 0. The Bertz CT molecular complexity index is 639. The zero-order valence-corrected chi connectivity index (χ0v) is 12.2. The molecule has 1 saturated carbocycles. The molecule has 21 heavy (non-hydrogen) atoms. The van der Waals surface area contributed by atoms with Gasteiger partial charge in [-0.25, -0.2) is 4.68 Å². The maximum Gasteiger partial charge on any atom is 0.217 e. The van der Waals surface area contributed by atoms with Gasteiger partial charge in [0, 0.05) is 5.56 Å². The molecule has 0 spiro atoms. The van der Waals surface area contributed by atoms with E-state index in [0.717, 1.165) is 18.4 Å². The molecule has 0 amide bonds. The number of hydrogen-bond acceptors (Lipinski definition) is 4. The molecule has 0 atom stereocenters. The van der Waals surface area contributed by atoms with Gasteiger partial charge in [0.2, 0.25) is 5.78 Å². The van der Waals surface area contributed by atoms with Gasteiger partial charge in [0.05, 0.1) is 6.04 Å². The first kappa shape index (κ1) is 13.8. The molecule has 1 heterocycles. The number of rotatable bonds is 3. The van der Waals surface area contributed by atoms with Gasteiger partial charge in [-0.15, -0.1) is 5.10 Å². The predicted octanol–water partition coefficient (Wildman–Crippen LogP) is 2.90. The quantitative estimate of drug-likeness (QED) is 0.879. The molecular weight excluding hydrogens is 264 g/mol. The van der Waals surface area contributed by atoms with Crippen molar-refractivity contribution >= 4 is 11.6 Å². The minimum atomic E-state index is -0.158. The summed E-state index contributed by atoms with van der Waals surface area (Å²) in [4.78, 5) is 12.5. The summed E-state index contributed by atoms with van der Waals surface area (Å²) in [5, 5.41) is 8.15. The van der Waals surface area contributed by atoms with Gasteiger partial charge >= 0.3 is 0 Å². The number of aromatic nitrogens is 3. The zero-order chi connectivity index (χ0) is 14.8. The number of aryl methyl sites for hydroxylation is 1. The third-order valence-electron chi connectivity index (χ3n) is 4.18. The Morgan fingerprint density at radius 2 is 1.86 bits per heavy atom. The lowest BCUT2D eigenvalue weighted by Crippen LogP contribution is -2.17. The van der Waals surface area contributed by atoms with Crippen LogP contribution in [0.2, 0.25) is 0 Å². The van der Waals surface area contributed by atoms with E-state index < -0.39 is 0 Å². The molecule has 1 aromatic carbocycles. The fraction of sp³-hybridized carbons (Fsp3) is 0.438. The highest BCUT2D eigenvalue weighted by Crippen LogP contribution is 2.30. The number of carbonyl (C=O) groups excluding carboxylic acids is 1. The second-order valence-electron chi connectivity index (χ2n) is 5.75.